The average Bonchev–Trinajstić information content (AvgIpc) is 2.21. The highest BCUT2D eigenvalue weighted by molar-refractivity contribution is 5.36. The lowest BCUT2D eigenvalue weighted by Crippen LogP contribution is -2.40. The maximum Gasteiger partial charge on any atom is 0.123 e. The van der Waals surface area contributed by atoms with E-state index >= 15 is 0 Å². The lowest BCUT2D eigenvalue weighted by Gasteiger charge is -2.42. The molecule has 3 heteroatoms. The van der Waals surface area contributed by atoms with Gasteiger partial charge in [-0.2, -0.15) is 0 Å². The second-order valence-electron chi connectivity index (χ2n) is 5.41. The highest BCUT2D eigenvalue weighted by Gasteiger charge is 2.39. The summed E-state index contributed by atoms with van der Waals surface area (Å²) < 4.78 is 18.8. The van der Waals surface area contributed by atoms with Crippen LogP contribution < -0.4 is 0 Å². The summed E-state index contributed by atoms with van der Waals surface area (Å²) >= 11 is 0. The van der Waals surface area contributed by atoms with Gasteiger partial charge in [0.15, 0.2) is 0 Å². The number of rotatable bonds is 4. The van der Waals surface area contributed by atoms with E-state index in [0.29, 0.717) is 6.42 Å². The van der Waals surface area contributed by atoms with E-state index in [4.69, 9.17) is 4.74 Å². The van der Waals surface area contributed by atoms with E-state index < -0.39 is 6.10 Å². The van der Waals surface area contributed by atoms with Gasteiger partial charge in [-0.3, -0.25) is 0 Å². The Hall–Kier alpha value is -0.930. The molecule has 1 unspecified atom stereocenters. The van der Waals surface area contributed by atoms with Crippen molar-refractivity contribution >= 4 is 0 Å². The first-order chi connectivity index (χ1) is 8.47. The normalized spacial score (nSPS) is 19.4. The Bertz CT molecular complexity index is 410. The fraction of sp³-hybridized carbons (Fsp3) is 0.600. The minimum Gasteiger partial charge on any atom is -0.388 e. The fourth-order valence-corrected chi connectivity index (χ4v) is 2.96. The lowest BCUT2D eigenvalue weighted by atomic mass is 9.74. The molecule has 1 aliphatic carbocycles. The Balaban J connectivity index is 2.21. The molecule has 0 radical (unpaired) electrons. The summed E-state index contributed by atoms with van der Waals surface area (Å²) in [5.74, 6) is -0.244. The van der Waals surface area contributed by atoms with Crippen molar-refractivity contribution in [2.45, 2.75) is 51.2 Å². The summed E-state index contributed by atoms with van der Waals surface area (Å²) in [4.78, 5) is 0. The van der Waals surface area contributed by atoms with Gasteiger partial charge in [0, 0.05) is 13.5 Å². The minimum absolute atomic E-state index is 0.174. The van der Waals surface area contributed by atoms with Crippen LogP contribution in [0.2, 0.25) is 0 Å². The van der Waals surface area contributed by atoms with Crippen molar-refractivity contribution in [3.05, 3.63) is 34.6 Å². The van der Waals surface area contributed by atoms with Gasteiger partial charge in [-0.15, -0.1) is 0 Å². The van der Waals surface area contributed by atoms with E-state index in [1.54, 1.807) is 7.11 Å². The number of aryl methyl sites for hydroxylation is 2. The van der Waals surface area contributed by atoms with Crippen LogP contribution in [0.25, 0.3) is 0 Å². The molecule has 0 heterocycles. The second-order valence-corrected chi connectivity index (χ2v) is 5.41. The first-order valence-corrected chi connectivity index (χ1v) is 6.47. The molecule has 1 saturated carbocycles. The van der Waals surface area contributed by atoms with Crippen molar-refractivity contribution in [1.82, 2.24) is 0 Å². The van der Waals surface area contributed by atoms with Crippen molar-refractivity contribution in [2.75, 3.05) is 7.11 Å². The zero-order chi connectivity index (χ0) is 13.3. The average molecular weight is 252 g/mol. The summed E-state index contributed by atoms with van der Waals surface area (Å²) in [6.07, 6.45) is 3.17. The number of benzene rings is 1. The molecule has 1 fully saturated rings. The number of halogens is 1. The molecular weight excluding hydrogens is 231 g/mol. The van der Waals surface area contributed by atoms with Crippen LogP contribution in [0.1, 0.15) is 48.5 Å². The molecular formula is C15H21FO2. The first-order valence-electron chi connectivity index (χ1n) is 6.47. The van der Waals surface area contributed by atoms with Crippen molar-refractivity contribution < 1.29 is 14.2 Å². The summed E-state index contributed by atoms with van der Waals surface area (Å²) in [5.41, 5.74) is 2.29. The van der Waals surface area contributed by atoms with E-state index in [2.05, 4.69) is 0 Å². The molecule has 0 aromatic heterocycles. The van der Waals surface area contributed by atoms with Gasteiger partial charge in [0.2, 0.25) is 0 Å². The van der Waals surface area contributed by atoms with Crippen molar-refractivity contribution in [3.8, 4) is 0 Å². The van der Waals surface area contributed by atoms with E-state index in [0.717, 1.165) is 36.0 Å². The highest BCUT2D eigenvalue weighted by Crippen LogP contribution is 2.42. The van der Waals surface area contributed by atoms with Gasteiger partial charge in [-0.25, -0.2) is 4.39 Å². The molecule has 0 aliphatic heterocycles. The SMILES string of the molecule is COC1(CC(O)c2c(C)cc(F)cc2C)CCC1. The van der Waals surface area contributed by atoms with Gasteiger partial charge in [0.25, 0.3) is 0 Å². The van der Waals surface area contributed by atoms with Gasteiger partial charge in [0.1, 0.15) is 5.82 Å². The molecule has 1 atom stereocenters. The number of hydrogen-bond acceptors (Lipinski definition) is 2. The molecule has 1 aliphatic rings. The summed E-state index contributed by atoms with van der Waals surface area (Å²) in [5, 5.41) is 10.4. The van der Waals surface area contributed by atoms with E-state index in [-0.39, 0.29) is 11.4 Å². The zero-order valence-electron chi connectivity index (χ0n) is 11.3. The summed E-state index contributed by atoms with van der Waals surface area (Å²) in [6, 6.07) is 2.96. The topological polar surface area (TPSA) is 29.5 Å². The molecule has 1 N–H and O–H groups in total. The summed E-state index contributed by atoms with van der Waals surface area (Å²) in [7, 11) is 1.70. The number of hydrogen-bond donors (Lipinski definition) is 1. The van der Waals surface area contributed by atoms with Crippen LogP contribution in [0.15, 0.2) is 12.1 Å². The predicted molar refractivity (Wildman–Crippen MR) is 69.0 cm³/mol. The van der Waals surface area contributed by atoms with Gasteiger partial charge in [-0.1, -0.05) is 0 Å². The zero-order valence-corrected chi connectivity index (χ0v) is 11.3. The number of aliphatic hydroxyl groups excluding tert-OH is 1. The van der Waals surface area contributed by atoms with Gasteiger partial charge >= 0.3 is 0 Å². The predicted octanol–water partition coefficient (Wildman–Crippen LogP) is 3.44. The van der Waals surface area contributed by atoms with Gasteiger partial charge in [-0.05, 0) is 61.9 Å². The van der Waals surface area contributed by atoms with Gasteiger partial charge < -0.3 is 9.84 Å². The third-order valence-electron chi connectivity index (χ3n) is 4.15. The van der Waals surface area contributed by atoms with Crippen LogP contribution in [-0.2, 0) is 4.74 Å². The van der Waals surface area contributed by atoms with E-state index in [1.807, 2.05) is 13.8 Å². The molecule has 18 heavy (non-hydrogen) atoms. The molecule has 0 saturated heterocycles. The number of aliphatic hydroxyl groups is 1. The quantitative estimate of drug-likeness (QED) is 0.889. The van der Waals surface area contributed by atoms with Gasteiger partial charge in [0.05, 0.1) is 11.7 Å². The Morgan fingerprint density at radius 3 is 2.28 bits per heavy atom. The maximum atomic E-state index is 13.2. The largest absolute Gasteiger partial charge is 0.388 e. The van der Waals surface area contributed by atoms with Crippen LogP contribution in [0.4, 0.5) is 4.39 Å². The van der Waals surface area contributed by atoms with Crippen molar-refractivity contribution in [1.29, 1.82) is 0 Å². The van der Waals surface area contributed by atoms with Crippen LogP contribution in [-0.4, -0.2) is 17.8 Å². The van der Waals surface area contributed by atoms with Crippen molar-refractivity contribution in [2.24, 2.45) is 0 Å². The Morgan fingerprint density at radius 2 is 1.89 bits per heavy atom. The van der Waals surface area contributed by atoms with Crippen LogP contribution in [0, 0.1) is 19.7 Å². The van der Waals surface area contributed by atoms with Crippen LogP contribution >= 0.6 is 0 Å². The van der Waals surface area contributed by atoms with Crippen LogP contribution in [0.3, 0.4) is 0 Å². The van der Waals surface area contributed by atoms with Crippen LogP contribution in [0.5, 0.6) is 0 Å². The molecule has 100 valence electrons. The molecule has 2 rings (SSSR count). The standard InChI is InChI=1S/C15H21FO2/c1-10-7-12(16)8-11(2)14(10)13(17)9-15(18-3)5-4-6-15/h7-8,13,17H,4-6,9H2,1-3H3. The molecule has 1 aromatic carbocycles. The third-order valence-corrected chi connectivity index (χ3v) is 4.15. The number of methoxy groups -OCH3 is 1. The Labute approximate surface area is 108 Å². The molecule has 0 bridgehead atoms. The van der Waals surface area contributed by atoms with E-state index in [1.165, 1.54) is 12.1 Å². The maximum absolute atomic E-state index is 13.2. The van der Waals surface area contributed by atoms with Crippen molar-refractivity contribution in [3.63, 3.8) is 0 Å². The smallest absolute Gasteiger partial charge is 0.123 e. The lowest BCUT2D eigenvalue weighted by molar-refractivity contribution is -0.1000. The molecule has 1 aromatic rings. The Kier molecular flexibility index (Phi) is 3.74. The summed E-state index contributed by atoms with van der Waals surface area (Å²) in [6.45, 7) is 3.68. The Morgan fingerprint density at radius 1 is 1.33 bits per heavy atom. The second kappa shape index (κ2) is 4.98. The fourth-order valence-electron chi connectivity index (χ4n) is 2.96. The first kappa shape index (κ1) is 13.5. The minimum atomic E-state index is -0.578. The third kappa shape index (κ3) is 2.43. The van der Waals surface area contributed by atoms with E-state index in [9.17, 15) is 9.50 Å². The highest BCUT2D eigenvalue weighted by atomic mass is 19.1. The monoisotopic (exact) mass is 252 g/mol. The molecule has 2 nitrogen and oxygen atoms in total. The molecule has 0 spiro atoms. The number of ether oxygens (including phenoxy) is 1. The molecule has 0 amide bonds.